The highest BCUT2D eigenvalue weighted by atomic mass is 19.3. The van der Waals surface area contributed by atoms with Gasteiger partial charge in [0.25, 0.3) is 0 Å². The lowest BCUT2D eigenvalue weighted by molar-refractivity contribution is -0.148. The van der Waals surface area contributed by atoms with Gasteiger partial charge in [-0.15, -0.1) is 0 Å². The van der Waals surface area contributed by atoms with Crippen molar-refractivity contribution < 1.29 is 31.8 Å². The number of hydrogen-bond donors (Lipinski definition) is 0. The summed E-state index contributed by atoms with van der Waals surface area (Å²) in [5.74, 6) is -4.31. The van der Waals surface area contributed by atoms with E-state index in [9.17, 15) is 22.4 Å². The summed E-state index contributed by atoms with van der Waals surface area (Å²) in [6.07, 6.45) is -3.27. The molecule has 0 aromatic heterocycles. The SMILES string of the molecule is CCOc1cc(C=O)ccc1OCC(F)(F)C(F)F. The molecule has 19 heavy (non-hydrogen) atoms. The number of aldehydes is 1. The normalized spacial score (nSPS) is 11.5. The molecule has 0 heterocycles. The minimum Gasteiger partial charge on any atom is -0.490 e. The maximum absolute atomic E-state index is 12.7. The fraction of sp³-hybridized carbons (Fsp3) is 0.417. The molecule has 0 saturated carbocycles. The van der Waals surface area contributed by atoms with E-state index in [-0.39, 0.29) is 23.7 Å². The summed E-state index contributed by atoms with van der Waals surface area (Å²) in [5, 5.41) is 0. The van der Waals surface area contributed by atoms with Crippen LogP contribution in [0.25, 0.3) is 0 Å². The van der Waals surface area contributed by atoms with E-state index in [0.29, 0.717) is 6.29 Å². The van der Waals surface area contributed by atoms with Crippen molar-refractivity contribution in [2.45, 2.75) is 19.3 Å². The van der Waals surface area contributed by atoms with Crippen molar-refractivity contribution in [1.82, 2.24) is 0 Å². The van der Waals surface area contributed by atoms with Crippen molar-refractivity contribution >= 4 is 6.29 Å². The Hall–Kier alpha value is -1.79. The van der Waals surface area contributed by atoms with Crippen molar-refractivity contribution in [2.24, 2.45) is 0 Å². The summed E-state index contributed by atoms with van der Waals surface area (Å²) < 4.78 is 59.1. The van der Waals surface area contributed by atoms with E-state index in [0.717, 1.165) is 0 Å². The first-order valence-electron chi connectivity index (χ1n) is 5.41. The van der Waals surface area contributed by atoms with E-state index in [1.807, 2.05) is 0 Å². The Morgan fingerprint density at radius 2 is 1.95 bits per heavy atom. The van der Waals surface area contributed by atoms with Crippen LogP contribution in [0.1, 0.15) is 17.3 Å². The Morgan fingerprint density at radius 1 is 1.26 bits per heavy atom. The molecular formula is C12H12F4O3. The third-order valence-electron chi connectivity index (χ3n) is 2.14. The first-order valence-corrected chi connectivity index (χ1v) is 5.41. The summed E-state index contributed by atoms with van der Waals surface area (Å²) in [6, 6.07) is 3.81. The second kappa shape index (κ2) is 6.40. The van der Waals surface area contributed by atoms with E-state index < -0.39 is 19.0 Å². The maximum Gasteiger partial charge on any atom is 0.340 e. The monoisotopic (exact) mass is 280 g/mol. The highest BCUT2D eigenvalue weighted by molar-refractivity contribution is 5.76. The van der Waals surface area contributed by atoms with Crippen molar-refractivity contribution in [1.29, 1.82) is 0 Å². The minimum atomic E-state index is -4.24. The molecule has 0 aliphatic heterocycles. The van der Waals surface area contributed by atoms with Crippen LogP contribution in [0.2, 0.25) is 0 Å². The van der Waals surface area contributed by atoms with Crippen molar-refractivity contribution in [3.8, 4) is 11.5 Å². The zero-order chi connectivity index (χ0) is 14.5. The molecule has 0 unspecified atom stereocenters. The molecule has 1 rings (SSSR count). The summed E-state index contributed by atoms with van der Waals surface area (Å²) in [4.78, 5) is 10.6. The van der Waals surface area contributed by atoms with Gasteiger partial charge < -0.3 is 9.47 Å². The lowest BCUT2D eigenvalue weighted by Crippen LogP contribution is -2.33. The molecule has 0 saturated heterocycles. The van der Waals surface area contributed by atoms with Crippen LogP contribution in [0.15, 0.2) is 18.2 Å². The molecule has 0 aliphatic carbocycles. The lowest BCUT2D eigenvalue weighted by Gasteiger charge is -2.17. The van der Waals surface area contributed by atoms with Gasteiger partial charge in [0.1, 0.15) is 6.29 Å². The largest absolute Gasteiger partial charge is 0.490 e. The van der Waals surface area contributed by atoms with Crippen LogP contribution in [0.4, 0.5) is 17.6 Å². The zero-order valence-corrected chi connectivity index (χ0v) is 10.0. The number of hydrogen-bond acceptors (Lipinski definition) is 3. The van der Waals surface area contributed by atoms with Gasteiger partial charge in [-0.25, -0.2) is 8.78 Å². The van der Waals surface area contributed by atoms with Crippen molar-refractivity contribution in [3.05, 3.63) is 23.8 Å². The second-order valence-electron chi connectivity index (χ2n) is 3.61. The molecule has 0 fully saturated rings. The summed E-state index contributed by atoms with van der Waals surface area (Å²) in [6.45, 7) is 0.389. The van der Waals surface area contributed by atoms with Crippen LogP contribution in [-0.2, 0) is 0 Å². The molecule has 1 aromatic rings. The first kappa shape index (κ1) is 15.3. The number of rotatable bonds is 7. The fourth-order valence-electron chi connectivity index (χ4n) is 1.22. The van der Waals surface area contributed by atoms with Crippen LogP contribution >= 0.6 is 0 Å². The molecular weight excluding hydrogens is 268 g/mol. The number of halogens is 4. The van der Waals surface area contributed by atoms with Crippen molar-refractivity contribution in [2.75, 3.05) is 13.2 Å². The quantitative estimate of drug-likeness (QED) is 0.568. The third kappa shape index (κ3) is 4.11. The number of benzene rings is 1. The summed E-state index contributed by atoms with van der Waals surface area (Å²) >= 11 is 0. The van der Waals surface area contributed by atoms with E-state index in [2.05, 4.69) is 4.74 Å². The van der Waals surface area contributed by atoms with Crippen LogP contribution < -0.4 is 9.47 Å². The molecule has 7 heteroatoms. The Morgan fingerprint density at radius 3 is 2.47 bits per heavy atom. The molecule has 0 spiro atoms. The molecule has 0 atom stereocenters. The summed E-state index contributed by atoms with van der Waals surface area (Å²) in [7, 11) is 0. The van der Waals surface area contributed by atoms with Gasteiger partial charge in [0.2, 0.25) is 0 Å². The van der Waals surface area contributed by atoms with Crippen LogP contribution in [0, 0.1) is 0 Å². The van der Waals surface area contributed by atoms with Gasteiger partial charge in [0.15, 0.2) is 18.1 Å². The van der Waals surface area contributed by atoms with Gasteiger partial charge >= 0.3 is 12.3 Å². The van der Waals surface area contributed by atoms with Gasteiger partial charge in [-0.2, -0.15) is 8.78 Å². The van der Waals surface area contributed by atoms with Gasteiger partial charge in [-0.1, -0.05) is 0 Å². The molecule has 0 aliphatic rings. The molecule has 0 radical (unpaired) electrons. The highest BCUT2D eigenvalue weighted by Gasteiger charge is 2.41. The maximum atomic E-state index is 12.7. The molecule has 106 valence electrons. The van der Waals surface area contributed by atoms with Gasteiger partial charge in [0.05, 0.1) is 6.61 Å². The van der Waals surface area contributed by atoms with Crippen LogP contribution in [-0.4, -0.2) is 31.8 Å². The smallest absolute Gasteiger partial charge is 0.340 e. The topological polar surface area (TPSA) is 35.5 Å². The van der Waals surface area contributed by atoms with E-state index in [1.54, 1.807) is 6.92 Å². The fourth-order valence-corrected chi connectivity index (χ4v) is 1.22. The predicted molar refractivity (Wildman–Crippen MR) is 59.4 cm³/mol. The predicted octanol–water partition coefficient (Wildman–Crippen LogP) is 3.18. The first-order chi connectivity index (χ1) is 8.90. The molecule has 3 nitrogen and oxygen atoms in total. The average Bonchev–Trinajstić information content (AvgIpc) is 2.37. The average molecular weight is 280 g/mol. The van der Waals surface area contributed by atoms with Crippen LogP contribution in [0.3, 0.4) is 0 Å². The van der Waals surface area contributed by atoms with Crippen molar-refractivity contribution in [3.63, 3.8) is 0 Å². The standard InChI is InChI=1S/C12H12F4O3/c1-2-18-10-5-8(6-17)3-4-9(10)19-7-12(15,16)11(13)14/h3-6,11H,2,7H2,1H3. The van der Waals surface area contributed by atoms with Gasteiger partial charge in [-0.3, -0.25) is 4.79 Å². The number of ether oxygens (including phenoxy) is 2. The van der Waals surface area contributed by atoms with Gasteiger partial charge in [0, 0.05) is 5.56 Å². The van der Waals surface area contributed by atoms with E-state index in [4.69, 9.17) is 4.74 Å². The Kier molecular flexibility index (Phi) is 5.14. The zero-order valence-electron chi connectivity index (χ0n) is 10.0. The minimum absolute atomic E-state index is 0.0529. The highest BCUT2D eigenvalue weighted by Crippen LogP contribution is 2.31. The Bertz CT molecular complexity index is 435. The van der Waals surface area contributed by atoms with Crippen LogP contribution in [0.5, 0.6) is 11.5 Å². The Balaban J connectivity index is 2.85. The molecule has 0 amide bonds. The summed E-state index contributed by atoms with van der Waals surface area (Å²) in [5.41, 5.74) is 0.261. The molecule has 0 bridgehead atoms. The third-order valence-corrected chi connectivity index (χ3v) is 2.14. The van der Waals surface area contributed by atoms with E-state index in [1.165, 1.54) is 18.2 Å². The van der Waals surface area contributed by atoms with Gasteiger partial charge in [-0.05, 0) is 25.1 Å². The number of carbonyl (C=O) groups excluding carboxylic acids is 1. The Labute approximate surface area is 107 Å². The second-order valence-corrected chi connectivity index (χ2v) is 3.61. The lowest BCUT2D eigenvalue weighted by atomic mass is 10.2. The molecule has 0 N–H and O–H groups in total. The van der Waals surface area contributed by atoms with E-state index >= 15 is 0 Å². The number of alkyl halides is 4. The molecule has 1 aromatic carbocycles. The number of carbonyl (C=O) groups is 1.